The largest absolute Gasteiger partial charge is 0.478 e. The molecule has 222 valence electrons. The predicted molar refractivity (Wildman–Crippen MR) is 176 cm³/mol. The van der Waals surface area contributed by atoms with Crippen LogP contribution in [0, 0.1) is 0 Å². The van der Waals surface area contributed by atoms with Gasteiger partial charge in [-0.2, -0.15) is 0 Å². The highest BCUT2D eigenvalue weighted by atomic mass is 35.5. The van der Waals surface area contributed by atoms with Gasteiger partial charge in [0, 0.05) is 29.0 Å². The van der Waals surface area contributed by atoms with E-state index >= 15 is 0 Å². The number of rotatable bonds is 9. The SMILES string of the molecule is CC(C)OC(=O)Nc1cccc(-c2ccc(/C=C/c3nc(-c4ccc(Cl)cc4Cl)cn3Cc3ccc(C(=O)O)cc3)cc2)c1. The topological polar surface area (TPSA) is 93.5 Å². The lowest BCUT2D eigenvalue weighted by Crippen LogP contribution is -2.17. The van der Waals surface area contributed by atoms with E-state index in [4.69, 9.17) is 32.9 Å². The molecule has 5 rings (SSSR count). The third-order valence-corrected chi connectivity index (χ3v) is 7.24. The Bertz CT molecular complexity index is 1830. The van der Waals surface area contributed by atoms with Crippen LogP contribution in [0.3, 0.4) is 0 Å². The van der Waals surface area contributed by atoms with Crippen LogP contribution in [-0.2, 0) is 11.3 Å². The van der Waals surface area contributed by atoms with Gasteiger partial charge < -0.3 is 14.4 Å². The fourth-order valence-corrected chi connectivity index (χ4v) is 5.07. The summed E-state index contributed by atoms with van der Waals surface area (Å²) >= 11 is 12.6. The monoisotopic (exact) mass is 625 g/mol. The number of carboxylic acids is 1. The summed E-state index contributed by atoms with van der Waals surface area (Å²) < 4.78 is 7.16. The number of aromatic carboxylic acids is 1. The second-order valence-corrected chi connectivity index (χ2v) is 11.2. The molecule has 0 aliphatic carbocycles. The lowest BCUT2D eigenvalue weighted by molar-refractivity contribution is 0.0696. The summed E-state index contributed by atoms with van der Waals surface area (Å²) in [4.78, 5) is 28.1. The zero-order valence-electron chi connectivity index (χ0n) is 24.0. The highest BCUT2D eigenvalue weighted by molar-refractivity contribution is 6.36. The number of nitrogens with zero attached hydrogens (tertiary/aromatic N) is 2. The lowest BCUT2D eigenvalue weighted by atomic mass is 10.0. The minimum absolute atomic E-state index is 0.205. The molecule has 9 heteroatoms. The van der Waals surface area contributed by atoms with Gasteiger partial charge in [-0.25, -0.2) is 14.6 Å². The van der Waals surface area contributed by atoms with Gasteiger partial charge in [0.2, 0.25) is 0 Å². The van der Waals surface area contributed by atoms with Crippen LogP contribution in [0.2, 0.25) is 10.0 Å². The van der Waals surface area contributed by atoms with E-state index in [0.717, 1.165) is 27.8 Å². The van der Waals surface area contributed by atoms with E-state index in [-0.39, 0.29) is 11.7 Å². The lowest BCUT2D eigenvalue weighted by Gasteiger charge is -2.10. The average molecular weight is 627 g/mol. The first kappa shape index (κ1) is 30.6. The van der Waals surface area contributed by atoms with Crippen LogP contribution in [-0.4, -0.2) is 32.8 Å². The Labute approximate surface area is 265 Å². The van der Waals surface area contributed by atoms with Crippen LogP contribution < -0.4 is 5.32 Å². The number of halogens is 2. The van der Waals surface area contributed by atoms with Gasteiger partial charge in [-0.3, -0.25) is 5.32 Å². The molecule has 7 nitrogen and oxygen atoms in total. The van der Waals surface area contributed by atoms with Crippen molar-refractivity contribution in [1.29, 1.82) is 0 Å². The first-order valence-electron chi connectivity index (χ1n) is 13.9. The molecule has 0 fully saturated rings. The number of imidazole rings is 1. The summed E-state index contributed by atoms with van der Waals surface area (Å²) in [5.41, 5.74) is 6.17. The number of carbonyl (C=O) groups excluding carboxylic acids is 1. The summed E-state index contributed by atoms with van der Waals surface area (Å²) in [5, 5.41) is 13.0. The molecule has 0 aliphatic rings. The van der Waals surface area contributed by atoms with E-state index in [1.807, 2.05) is 77.5 Å². The van der Waals surface area contributed by atoms with E-state index in [2.05, 4.69) is 5.32 Å². The maximum Gasteiger partial charge on any atom is 0.411 e. The van der Waals surface area contributed by atoms with E-state index in [0.29, 0.717) is 33.8 Å². The Morgan fingerprint density at radius 3 is 2.36 bits per heavy atom. The zero-order valence-corrected chi connectivity index (χ0v) is 25.5. The zero-order chi connectivity index (χ0) is 31.2. The van der Waals surface area contributed by atoms with Gasteiger partial charge in [0.1, 0.15) is 5.82 Å². The smallest absolute Gasteiger partial charge is 0.411 e. The Kier molecular flexibility index (Phi) is 9.48. The first-order chi connectivity index (χ1) is 21.1. The van der Waals surface area contributed by atoms with Crippen molar-refractivity contribution in [3.05, 3.63) is 130 Å². The van der Waals surface area contributed by atoms with Gasteiger partial charge in [-0.05, 0) is 84.6 Å². The van der Waals surface area contributed by atoms with Crippen molar-refractivity contribution in [2.45, 2.75) is 26.5 Å². The van der Waals surface area contributed by atoms with Crippen molar-refractivity contribution >= 4 is 53.1 Å². The quantitative estimate of drug-likeness (QED) is 0.170. The normalized spacial score (nSPS) is 11.2. The summed E-state index contributed by atoms with van der Waals surface area (Å²) in [5.74, 6) is -0.270. The van der Waals surface area contributed by atoms with Gasteiger partial charge in [0.15, 0.2) is 0 Å². The van der Waals surface area contributed by atoms with Crippen molar-refractivity contribution in [3.8, 4) is 22.4 Å². The van der Waals surface area contributed by atoms with Gasteiger partial charge in [0.25, 0.3) is 0 Å². The Morgan fingerprint density at radius 2 is 1.68 bits per heavy atom. The molecule has 4 aromatic carbocycles. The number of aromatic nitrogens is 2. The number of nitrogens with one attached hydrogen (secondary N) is 1. The second kappa shape index (κ2) is 13.6. The number of hydrogen-bond acceptors (Lipinski definition) is 4. The Balaban J connectivity index is 1.39. The molecule has 44 heavy (non-hydrogen) atoms. The predicted octanol–water partition coefficient (Wildman–Crippen LogP) is 9.40. The van der Waals surface area contributed by atoms with Crippen molar-refractivity contribution in [2.75, 3.05) is 5.32 Å². The fraction of sp³-hybridized carbons (Fsp3) is 0.114. The molecule has 0 radical (unpaired) electrons. The minimum Gasteiger partial charge on any atom is -0.478 e. The molecule has 2 N–H and O–H groups in total. The number of carboxylic acid groups (broad SMARTS) is 1. The van der Waals surface area contributed by atoms with E-state index in [9.17, 15) is 14.7 Å². The molecule has 0 bridgehead atoms. The number of amides is 1. The van der Waals surface area contributed by atoms with Crippen LogP contribution in [0.15, 0.2) is 97.2 Å². The molecule has 0 spiro atoms. The summed E-state index contributed by atoms with van der Waals surface area (Å²) in [6.07, 6.45) is 5.13. The minimum atomic E-state index is -0.968. The Morgan fingerprint density at radius 1 is 0.932 bits per heavy atom. The highest BCUT2D eigenvalue weighted by Crippen LogP contribution is 2.31. The molecular formula is C35H29Cl2N3O4. The van der Waals surface area contributed by atoms with Crippen LogP contribution in [0.4, 0.5) is 10.5 Å². The van der Waals surface area contributed by atoms with Gasteiger partial charge in [0.05, 0.1) is 22.4 Å². The van der Waals surface area contributed by atoms with Crippen molar-refractivity contribution in [1.82, 2.24) is 9.55 Å². The van der Waals surface area contributed by atoms with E-state index in [1.165, 1.54) is 0 Å². The number of hydrogen-bond donors (Lipinski definition) is 2. The van der Waals surface area contributed by atoms with Crippen molar-refractivity contribution in [3.63, 3.8) is 0 Å². The fourth-order valence-electron chi connectivity index (χ4n) is 4.56. The Hall–Kier alpha value is -4.85. The van der Waals surface area contributed by atoms with E-state index < -0.39 is 12.1 Å². The molecule has 0 unspecified atom stereocenters. The van der Waals surface area contributed by atoms with Gasteiger partial charge in [-0.15, -0.1) is 0 Å². The summed E-state index contributed by atoms with van der Waals surface area (Å²) in [6.45, 7) is 4.08. The third-order valence-electron chi connectivity index (χ3n) is 6.69. The average Bonchev–Trinajstić information content (AvgIpc) is 3.38. The summed E-state index contributed by atoms with van der Waals surface area (Å²) in [7, 11) is 0. The third kappa shape index (κ3) is 7.75. The van der Waals surface area contributed by atoms with Crippen molar-refractivity contribution < 1.29 is 19.4 Å². The molecule has 0 saturated carbocycles. The standard InChI is InChI=1S/C35H29Cl2N3O4/c1-22(2)44-35(43)38-29-5-3-4-27(18-29)25-11-6-23(7-12-25)10-17-33-39-32(30-16-15-28(36)19-31(30)37)21-40(33)20-24-8-13-26(14-9-24)34(41)42/h3-19,21-22H,20H2,1-2H3,(H,38,43)(H,41,42)/b17-10+. The maximum atomic E-state index is 12.0. The molecule has 0 atom stereocenters. The van der Waals surface area contributed by atoms with Gasteiger partial charge in [-0.1, -0.05) is 77.8 Å². The number of anilines is 1. The summed E-state index contributed by atoms with van der Waals surface area (Å²) in [6, 6.07) is 27.7. The molecular weight excluding hydrogens is 597 g/mol. The molecule has 1 amide bonds. The van der Waals surface area contributed by atoms with Gasteiger partial charge >= 0.3 is 12.1 Å². The second-order valence-electron chi connectivity index (χ2n) is 10.4. The molecule has 5 aromatic rings. The number of carbonyl (C=O) groups is 2. The maximum absolute atomic E-state index is 12.0. The van der Waals surface area contributed by atoms with Crippen LogP contribution >= 0.6 is 23.2 Å². The first-order valence-corrected chi connectivity index (χ1v) is 14.6. The van der Waals surface area contributed by atoms with Crippen LogP contribution in [0.25, 0.3) is 34.5 Å². The number of benzene rings is 4. The molecule has 1 aromatic heterocycles. The van der Waals surface area contributed by atoms with Crippen molar-refractivity contribution in [2.24, 2.45) is 0 Å². The molecule has 0 saturated heterocycles. The number of ether oxygens (including phenoxy) is 1. The molecule has 1 heterocycles. The van der Waals surface area contributed by atoms with Crippen LogP contribution in [0.1, 0.15) is 41.2 Å². The van der Waals surface area contributed by atoms with E-state index in [1.54, 1.807) is 50.2 Å². The highest BCUT2D eigenvalue weighted by Gasteiger charge is 2.13. The molecule has 0 aliphatic heterocycles. The van der Waals surface area contributed by atoms with Crippen LogP contribution in [0.5, 0.6) is 0 Å².